The van der Waals surface area contributed by atoms with Gasteiger partial charge in [0.2, 0.25) is 5.91 Å². The Morgan fingerprint density at radius 3 is 2.44 bits per heavy atom. The number of halogens is 2. The molecule has 0 aliphatic carbocycles. The molecule has 0 bridgehead atoms. The van der Waals surface area contributed by atoms with Crippen molar-refractivity contribution in [1.82, 2.24) is 9.80 Å². The Kier molecular flexibility index (Phi) is 6.47. The molecule has 0 spiro atoms. The Morgan fingerprint density at radius 2 is 1.74 bits per heavy atom. The van der Waals surface area contributed by atoms with Crippen molar-refractivity contribution in [2.45, 2.75) is 20.4 Å². The molecule has 0 atom stereocenters. The van der Waals surface area contributed by atoms with Gasteiger partial charge in [0.1, 0.15) is 5.82 Å². The summed E-state index contributed by atoms with van der Waals surface area (Å²) < 4.78 is 13.9. The minimum absolute atomic E-state index is 0.00528. The molecule has 3 rings (SSSR count). The van der Waals surface area contributed by atoms with Gasteiger partial charge in [0.25, 0.3) is 0 Å². The smallest absolute Gasteiger partial charge is 0.238 e. The highest BCUT2D eigenvalue weighted by Crippen LogP contribution is 2.21. The molecular formula is C21H25ClFN3O. The van der Waals surface area contributed by atoms with Gasteiger partial charge >= 0.3 is 0 Å². The Balaban J connectivity index is 1.49. The molecule has 27 heavy (non-hydrogen) atoms. The molecule has 4 nitrogen and oxygen atoms in total. The molecule has 0 saturated carbocycles. The standard InChI is InChI=1S/C21H25ClFN3O/c1-15-5-3-8-20(16(15)2)24-21(27)14-26-11-9-25(10-12-26)13-17-18(22)6-4-7-19(17)23/h3-8H,9-14H2,1-2H3,(H,24,27). The van der Waals surface area contributed by atoms with Gasteiger partial charge in [-0.1, -0.05) is 29.8 Å². The van der Waals surface area contributed by atoms with Gasteiger partial charge in [-0.25, -0.2) is 4.39 Å². The summed E-state index contributed by atoms with van der Waals surface area (Å²) in [6.45, 7) is 8.00. The lowest BCUT2D eigenvalue weighted by Crippen LogP contribution is -2.48. The van der Waals surface area contributed by atoms with Gasteiger partial charge in [0.05, 0.1) is 6.54 Å². The van der Waals surface area contributed by atoms with E-state index in [4.69, 9.17) is 11.6 Å². The Labute approximate surface area is 164 Å². The van der Waals surface area contributed by atoms with Crippen LogP contribution in [0.3, 0.4) is 0 Å². The highest BCUT2D eigenvalue weighted by Gasteiger charge is 2.21. The molecule has 1 fully saturated rings. The molecule has 1 saturated heterocycles. The molecule has 0 aromatic heterocycles. The third-order valence-electron chi connectivity index (χ3n) is 5.15. The number of anilines is 1. The van der Waals surface area contributed by atoms with Crippen LogP contribution in [0.4, 0.5) is 10.1 Å². The molecule has 144 valence electrons. The van der Waals surface area contributed by atoms with Gasteiger partial charge < -0.3 is 5.32 Å². The van der Waals surface area contributed by atoms with Crippen molar-refractivity contribution in [2.24, 2.45) is 0 Å². The van der Waals surface area contributed by atoms with Gasteiger partial charge in [-0.2, -0.15) is 0 Å². The molecule has 6 heteroatoms. The fourth-order valence-electron chi connectivity index (χ4n) is 3.29. The van der Waals surface area contributed by atoms with Crippen LogP contribution >= 0.6 is 11.6 Å². The maximum Gasteiger partial charge on any atom is 0.238 e. The average Bonchev–Trinajstić information content (AvgIpc) is 2.63. The normalized spacial score (nSPS) is 15.7. The molecule has 0 unspecified atom stereocenters. The van der Waals surface area contributed by atoms with E-state index >= 15 is 0 Å². The number of nitrogens with zero attached hydrogens (tertiary/aromatic N) is 2. The van der Waals surface area contributed by atoms with Gasteiger partial charge in [-0.05, 0) is 43.2 Å². The number of carbonyl (C=O) groups is 1. The summed E-state index contributed by atoms with van der Waals surface area (Å²) in [6, 6.07) is 10.7. The summed E-state index contributed by atoms with van der Waals surface area (Å²) in [5.41, 5.74) is 3.67. The van der Waals surface area contributed by atoms with E-state index in [0.29, 0.717) is 23.7 Å². The minimum Gasteiger partial charge on any atom is -0.325 e. The molecule has 1 heterocycles. The van der Waals surface area contributed by atoms with E-state index in [-0.39, 0.29) is 11.7 Å². The SMILES string of the molecule is Cc1cccc(NC(=O)CN2CCN(Cc3c(F)cccc3Cl)CC2)c1C. The van der Waals surface area contributed by atoms with Gasteiger partial charge in [-0.15, -0.1) is 0 Å². The molecule has 1 amide bonds. The van der Waals surface area contributed by atoms with Crippen LogP contribution in [0, 0.1) is 19.7 Å². The Hall–Kier alpha value is -1.95. The van der Waals surface area contributed by atoms with Crippen LogP contribution in [0.1, 0.15) is 16.7 Å². The molecule has 2 aromatic rings. The second-order valence-electron chi connectivity index (χ2n) is 7.05. The van der Waals surface area contributed by atoms with Crippen LogP contribution in [0.15, 0.2) is 36.4 Å². The maximum absolute atomic E-state index is 13.9. The third-order valence-corrected chi connectivity index (χ3v) is 5.51. The van der Waals surface area contributed by atoms with Crippen LogP contribution < -0.4 is 5.32 Å². The van der Waals surface area contributed by atoms with E-state index in [1.54, 1.807) is 12.1 Å². The predicted octanol–water partition coefficient (Wildman–Crippen LogP) is 3.85. The van der Waals surface area contributed by atoms with Crippen LogP contribution in [-0.2, 0) is 11.3 Å². The largest absolute Gasteiger partial charge is 0.325 e. The Bertz CT molecular complexity index is 799. The van der Waals surface area contributed by atoms with Crippen LogP contribution in [0.25, 0.3) is 0 Å². The zero-order chi connectivity index (χ0) is 19.4. The lowest BCUT2D eigenvalue weighted by Gasteiger charge is -2.34. The van der Waals surface area contributed by atoms with E-state index in [1.807, 2.05) is 32.0 Å². The number of amides is 1. The molecule has 1 aliphatic rings. The lowest BCUT2D eigenvalue weighted by atomic mass is 10.1. The predicted molar refractivity (Wildman–Crippen MR) is 108 cm³/mol. The van der Waals surface area contributed by atoms with Crippen LogP contribution in [0.5, 0.6) is 0 Å². The van der Waals surface area contributed by atoms with Crippen molar-refractivity contribution in [3.05, 3.63) is 63.9 Å². The van der Waals surface area contributed by atoms with E-state index in [1.165, 1.54) is 6.07 Å². The van der Waals surface area contributed by atoms with E-state index in [2.05, 4.69) is 15.1 Å². The summed E-state index contributed by atoms with van der Waals surface area (Å²) in [6.07, 6.45) is 0. The first-order valence-corrected chi connectivity index (χ1v) is 9.55. The number of hydrogen-bond donors (Lipinski definition) is 1. The first-order chi connectivity index (χ1) is 12.9. The summed E-state index contributed by atoms with van der Waals surface area (Å²) >= 11 is 6.12. The monoisotopic (exact) mass is 389 g/mol. The summed E-state index contributed by atoms with van der Waals surface area (Å²) in [4.78, 5) is 16.7. The Morgan fingerprint density at radius 1 is 1.07 bits per heavy atom. The number of nitrogens with one attached hydrogen (secondary N) is 1. The van der Waals surface area contributed by atoms with Crippen molar-refractivity contribution in [3.63, 3.8) is 0 Å². The summed E-state index contributed by atoms with van der Waals surface area (Å²) in [5, 5.41) is 3.47. The summed E-state index contributed by atoms with van der Waals surface area (Å²) in [7, 11) is 0. The van der Waals surface area contributed by atoms with E-state index in [9.17, 15) is 9.18 Å². The second kappa shape index (κ2) is 8.83. The number of hydrogen-bond acceptors (Lipinski definition) is 3. The number of rotatable bonds is 5. The maximum atomic E-state index is 13.9. The van der Waals surface area contributed by atoms with Crippen LogP contribution in [-0.4, -0.2) is 48.4 Å². The highest BCUT2D eigenvalue weighted by molar-refractivity contribution is 6.31. The van der Waals surface area contributed by atoms with Crippen LogP contribution in [0.2, 0.25) is 5.02 Å². The van der Waals surface area contributed by atoms with Crippen molar-refractivity contribution in [2.75, 3.05) is 38.0 Å². The zero-order valence-electron chi connectivity index (χ0n) is 15.8. The number of aryl methyl sites for hydroxylation is 1. The van der Waals surface area contributed by atoms with Crippen molar-refractivity contribution in [3.8, 4) is 0 Å². The second-order valence-corrected chi connectivity index (χ2v) is 7.46. The van der Waals surface area contributed by atoms with Crippen molar-refractivity contribution < 1.29 is 9.18 Å². The van der Waals surface area contributed by atoms with Gasteiger partial charge in [-0.3, -0.25) is 14.6 Å². The van der Waals surface area contributed by atoms with Crippen molar-refractivity contribution in [1.29, 1.82) is 0 Å². The number of carbonyl (C=O) groups excluding carboxylic acids is 1. The number of benzene rings is 2. The topological polar surface area (TPSA) is 35.6 Å². The first kappa shape index (κ1) is 19.8. The van der Waals surface area contributed by atoms with E-state index in [0.717, 1.165) is 43.0 Å². The quantitative estimate of drug-likeness (QED) is 0.843. The fraction of sp³-hybridized carbons (Fsp3) is 0.381. The average molecular weight is 390 g/mol. The third kappa shape index (κ3) is 5.06. The molecular weight excluding hydrogens is 365 g/mol. The molecule has 0 radical (unpaired) electrons. The van der Waals surface area contributed by atoms with E-state index < -0.39 is 0 Å². The molecule has 2 aromatic carbocycles. The molecule has 1 N–H and O–H groups in total. The molecule has 1 aliphatic heterocycles. The van der Waals surface area contributed by atoms with Gasteiger partial charge in [0, 0.05) is 49.0 Å². The first-order valence-electron chi connectivity index (χ1n) is 9.17. The zero-order valence-corrected chi connectivity index (χ0v) is 16.5. The van der Waals surface area contributed by atoms with Crippen molar-refractivity contribution >= 4 is 23.2 Å². The summed E-state index contributed by atoms with van der Waals surface area (Å²) in [5.74, 6) is -0.271. The highest BCUT2D eigenvalue weighted by atomic mass is 35.5. The minimum atomic E-state index is -0.266. The van der Waals surface area contributed by atoms with Gasteiger partial charge in [0.15, 0.2) is 0 Å². The fourth-order valence-corrected chi connectivity index (χ4v) is 3.51. The lowest BCUT2D eigenvalue weighted by molar-refractivity contribution is -0.117. The number of piperazine rings is 1.